The van der Waals surface area contributed by atoms with E-state index in [0.29, 0.717) is 5.15 Å². The van der Waals surface area contributed by atoms with Crippen LogP contribution in [0, 0.1) is 13.8 Å². The molecule has 2 aromatic heterocycles. The lowest BCUT2D eigenvalue weighted by Crippen LogP contribution is -1.92. The van der Waals surface area contributed by atoms with Crippen LogP contribution >= 0.6 is 27.5 Å². The van der Waals surface area contributed by atoms with Gasteiger partial charge in [-0.05, 0) is 29.8 Å². The Hall–Kier alpha value is -0.610. The van der Waals surface area contributed by atoms with Crippen molar-refractivity contribution in [1.29, 1.82) is 0 Å². The summed E-state index contributed by atoms with van der Waals surface area (Å²) in [4.78, 5) is 4.16. The van der Waals surface area contributed by atoms with Crippen LogP contribution in [0.1, 0.15) is 11.3 Å². The average molecular weight is 261 g/mol. The minimum atomic E-state index is 0.496. The van der Waals surface area contributed by atoms with Crippen LogP contribution in [0.15, 0.2) is 10.8 Å². The van der Waals surface area contributed by atoms with Crippen LogP contribution < -0.4 is 0 Å². The summed E-state index contributed by atoms with van der Waals surface area (Å²) in [5.74, 6) is 0. The zero-order valence-electron chi connectivity index (χ0n) is 7.17. The molecule has 0 aliphatic carbocycles. The number of halogens is 2. The molecule has 0 amide bonds. The minimum absolute atomic E-state index is 0.496. The molecule has 0 saturated carbocycles. The number of aryl methyl sites for hydroxylation is 2. The first kappa shape index (κ1) is 8.97. The second kappa shape index (κ2) is 2.96. The molecule has 0 aliphatic heterocycles. The van der Waals surface area contributed by atoms with Gasteiger partial charge in [0, 0.05) is 5.56 Å². The van der Waals surface area contributed by atoms with E-state index in [2.05, 4.69) is 26.0 Å². The molecule has 2 aromatic rings. The van der Waals surface area contributed by atoms with Gasteiger partial charge >= 0.3 is 0 Å². The summed E-state index contributed by atoms with van der Waals surface area (Å²) in [6, 6.07) is 0. The van der Waals surface area contributed by atoms with E-state index in [4.69, 9.17) is 11.6 Å². The van der Waals surface area contributed by atoms with E-state index in [0.717, 1.165) is 21.4 Å². The van der Waals surface area contributed by atoms with Crippen LogP contribution in [-0.2, 0) is 0 Å². The quantitative estimate of drug-likeness (QED) is 0.729. The third-order valence-electron chi connectivity index (χ3n) is 1.87. The summed E-state index contributed by atoms with van der Waals surface area (Å²) >= 11 is 9.34. The van der Waals surface area contributed by atoms with Gasteiger partial charge in [-0.2, -0.15) is 5.10 Å². The van der Waals surface area contributed by atoms with Crippen LogP contribution in [0.25, 0.3) is 5.52 Å². The molecule has 0 spiro atoms. The molecule has 13 heavy (non-hydrogen) atoms. The van der Waals surface area contributed by atoms with Crippen molar-refractivity contribution in [2.24, 2.45) is 0 Å². The molecule has 0 N–H and O–H groups in total. The number of nitrogens with zero attached hydrogens (tertiary/aromatic N) is 3. The summed E-state index contributed by atoms with van der Waals surface area (Å²) in [6.07, 6.45) is 1.85. The lowest BCUT2D eigenvalue weighted by Gasteiger charge is -1.98. The molecular formula is C8H7BrClN3. The van der Waals surface area contributed by atoms with Crippen LogP contribution in [0.2, 0.25) is 5.15 Å². The Balaban J connectivity index is 2.94. The Bertz CT molecular complexity index is 478. The first-order valence-electron chi connectivity index (χ1n) is 3.77. The largest absolute Gasteiger partial charge is 0.238 e. The van der Waals surface area contributed by atoms with Gasteiger partial charge < -0.3 is 0 Å². The van der Waals surface area contributed by atoms with Crippen molar-refractivity contribution >= 4 is 33.0 Å². The molecule has 5 heteroatoms. The predicted molar refractivity (Wildman–Crippen MR) is 55.2 cm³/mol. The second-order valence-corrected chi connectivity index (χ2v) is 3.99. The molecule has 0 bridgehead atoms. The van der Waals surface area contributed by atoms with E-state index in [1.54, 1.807) is 4.52 Å². The van der Waals surface area contributed by atoms with E-state index < -0.39 is 0 Å². The number of rotatable bonds is 0. The highest BCUT2D eigenvalue weighted by molar-refractivity contribution is 9.10. The summed E-state index contributed by atoms with van der Waals surface area (Å²) in [5, 5.41) is 4.74. The molecule has 68 valence electrons. The monoisotopic (exact) mass is 259 g/mol. The van der Waals surface area contributed by atoms with Crippen molar-refractivity contribution in [3.05, 3.63) is 27.2 Å². The van der Waals surface area contributed by atoms with Gasteiger partial charge in [-0.25, -0.2) is 9.50 Å². The fraction of sp³-hybridized carbons (Fsp3) is 0.250. The highest BCUT2D eigenvalue weighted by Crippen LogP contribution is 2.24. The Morgan fingerprint density at radius 1 is 1.46 bits per heavy atom. The third-order valence-corrected chi connectivity index (χ3v) is 2.89. The molecule has 3 nitrogen and oxygen atoms in total. The molecule has 0 saturated heterocycles. The van der Waals surface area contributed by atoms with E-state index in [-0.39, 0.29) is 0 Å². The minimum Gasteiger partial charge on any atom is -0.238 e. The Labute approximate surface area is 88.9 Å². The lowest BCUT2D eigenvalue weighted by molar-refractivity contribution is 0.917. The van der Waals surface area contributed by atoms with Crippen molar-refractivity contribution in [1.82, 2.24) is 14.6 Å². The van der Waals surface area contributed by atoms with Crippen LogP contribution in [0.3, 0.4) is 0 Å². The fourth-order valence-corrected chi connectivity index (χ4v) is 1.97. The molecular weight excluding hydrogens is 253 g/mol. The van der Waals surface area contributed by atoms with Crippen molar-refractivity contribution < 1.29 is 0 Å². The van der Waals surface area contributed by atoms with Gasteiger partial charge in [0.2, 0.25) is 0 Å². The molecule has 0 unspecified atom stereocenters. The first-order chi connectivity index (χ1) is 6.09. The highest BCUT2D eigenvalue weighted by atomic mass is 79.9. The van der Waals surface area contributed by atoms with Gasteiger partial charge in [-0.1, -0.05) is 11.6 Å². The SMILES string of the molecule is Cc1cn2nc(Br)c(C)c2c(Cl)n1. The van der Waals surface area contributed by atoms with Gasteiger partial charge in [0.1, 0.15) is 10.1 Å². The third kappa shape index (κ3) is 1.34. The number of hydrogen-bond donors (Lipinski definition) is 0. The normalized spacial score (nSPS) is 11.1. The summed E-state index contributed by atoms with van der Waals surface area (Å²) < 4.78 is 2.55. The number of fused-ring (bicyclic) bond motifs is 1. The maximum atomic E-state index is 5.99. The summed E-state index contributed by atoms with van der Waals surface area (Å²) in [6.45, 7) is 3.84. The molecule has 0 aromatic carbocycles. The first-order valence-corrected chi connectivity index (χ1v) is 4.94. The maximum absolute atomic E-state index is 5.99. The smallest absolute Gasteiger partial charge is 0.155 e. The zero-order valence-corrected chi connectivity index (χ0v) is 9.52. The Morgan fingerprint density at radius 3 is 2.85 bits per heavy atom. The van der Waals surface area contributed by atoms with Gasteiger partial charge in [-0.3, -0.25) is 0 Å². The van der Waals surface area contributed by atoms with E-state index >= 15 is 0 Å². The van der Waals surface area contributed by atoms with Gasteiger partial charge in [0.05, 0.1) is 11.9 Å². The number of hydrogen-bond acceptors (Lipinski definition) is 2. The predicted octanol–water partition coefficient (Wildman–Crippen LogP) is 2.76. The van der Waals surface area contributed by atoms with Crippen molar-refractivity contribution in [3.63, 3.8) is 0 Å². The van der Waals surface area contributed by atoms with E-state index in [9.17, 15) is 0 Å². The van der Waals surface area contributed by atoms with Crippen LogP contribution in [0.5, 0.6) is 0 Å². The van der Waals surface area contributed by atoms with Gasteiger partial charge in [0.25, 0.3) is 0 Å². The molecule has 2 rings (SSSR count). The average Bonchev–Trinajstić information content (AvgIpc) is 2.27. The topological polar surface area (TPSA) is 30.2 Å². The van der Waals surface area contributed by atoms with Gasteiger partial charge in [0.15, 0.2) is 5.15 Å². The Kier molecular flexibility index (Phi) is 2.04. The van der Waals surface area contributed by atoms with Crippen molar-refractivity contribution in [2.75, 3.05) is 0 Å². The molecule has 0 fully saturated rings. The lowest BCUT2D eigenvalue weighted by atomic mass is 10.3. The zero-order chi connectivity index (χ0) is 9.59. The maximum Gasteiger partial charge on any atom is 0.155 e. The van der Waals surface area contributed by atoms with Crippen molar-refractivity contribution in [3.8, 4) is 0 Å². The van der Waals surface area contributed by atoms with Crippen LogP contribution in [-0.4, -0.2) is 14.6 Å². The van der Waals surface area contributed by atoms with E-state index in [1.165, 1.54) is 0 Å². The standard InChI is InChI=1S/C8H7BrClN3/c1-4-3-13-6(8(10)11-4)5(2)7(9)12-13/h3H,1-2H3. The van der Waals surface area contributed by atoms with E-state index in [1.807, 2.05) is 20.0 Å². The molecule has 0 radical (unpaired) electrons. The van der Waals surface area contributed by atoms with Gasteiger partial charge in [-0.15, -0.1) is 0 Å². The second-order valence-electron chi connectivity index (χ2n) is 2.88. The highest BCUT2D eigenvalue weighted by Gasteiger charge is 2.10. The molecule has 0 aliphatic rings. The summed E-state index contributed by atoms with van der Waals surface area (Å²) in [5.41, 5.74) is 2.73. The molecule has 2 heterocycles. The summed E-state index contributed by atoms with van der Waals surface area (Å²) in [7, 11) is 0. The molecule has 0 atom stereocenters. The Morgan fingerprint density at radius 2 is 2.15 bits per heavy atom. The van der Waals surface area contributed by atoms with Crippen LogP contribution in [0.4, 0.5) is 0 Å². The van der Waals surface area contributed by atoms with Crippen molar-refractivity contribution in [2.45, 2.75) is 13.8 Å². The fourth-order valence-electron chi connectivity index (χ4n) is 1.25. The number of aromatic nitrogens is 3.